The molecule has 0 spiro atoms. The number of alkyl halides is 3. The number of hydrogen-bond donors (Lipinski definition) is 2. The van der Waals surface area contributed by atoms with E-state index >= 15 is 0 Å². The van der Waals surface area contributed by atoms with Gasteiger partial charge in [-0.3, -0.25) is 0 Å². The van der Waals surface area contributed by atoms with Crippen molar-refractivity contribution in [3.05, 3.63) is 34.3 Å². The van der Waals surface area contributed by atoms with Gasteiger partial charge in [-0.05, 0) is 37.1 Å². The molecule has 18 heavy (non-hydrogen) atoms. The molecule has 0 radical (unpaired) electrons. The van der Waals surface area contributed by atoms with Gasteiger partial charge < -0.3 is 11.5 Å². The fourth-order valence-corrected chi connectivity index (χ4v) is 1.96. The van der Waals surface area contributed by atoms with Crippen molar-refractivity contribution < 1.29 is 13.2 Å². The summed E-state index contributed by atoms with van der Waals surface area (Å²) < 4.78 is 38.3. The van der Waals surface area contributed by atoms with Crippen LogP contribution in [-0.2, 0) is 6.18 Å². The molecule has 4 N–H and O–H groups in total. The highest BCUT2D eigenvalue weighted by Crippen LogP contribution is 2.38. The molecule has 0 aliphatic rings. The second-order valence-electron chi connectivity index (χ2n) is 3.74. The van der Waals surface area contributed by atoms with Crippen molar-refractivity contribution in [3.63, 3.8) is 0 Å². The maximum atomic E-state index is 12.8. The number of benzene rings is 1. The predicted octanol–water partition coefficient (Wildman–Crippen LogP) is 3.52. The van der Waals surface area contributed by atoms with Crippen LogP contribution in [0.2, 0.25) is 5.02 Å². The highest BCUT2D eigenvalue weighted by atomic mass is 35.5. The number of hydrogen-bond acceptors (Lipinski definition) is 2. The summed E-state index contributed by atoms with van der Waals surface area (Å²) in [6.45, 7) is 0.388. The smallest absolute Gasteiger partial charge is 0.330 e. The minimum atomic E-state index is -4.44. The van der Waals surface area contributed by atoms with E-state index in [1.54, 1.807) is 0 Å². The Bertz CT molecular complexity index is 383. The van der Waals surface area contributed by atoms with Crippen LogP contribution in [0.25, 0.3) is 0 Å². The molecule has 104 valence electrons. The Hall–Kier alpha value is -0.490. The first-order valence-corrected chi connectivity index (χ1v) is 5.57. The summed E-state index contributed by atoms with van der Waals surface area (Å²) in [5.41, 5.74) is 10.2. The molecule has 0 amide bonds. The maximum Gasteiger partial charge on any atom is 0.416 e. The third-order valence-electron chi connectivity index (χ3n) is 2.45. The van der Waals surface area contributed by atoms with Crippen molar-refractivity contribution in [1.82, 2.24) is 0 Å². The van der Waals surface area contributed by atoms with Gasteiger partial charge in [0, 0.05) is 11.1 Å². The van der Waals surface area contributed by atoms with Crippen molar-refractivity contribution in [2.45, 2.75) is 25.1 Å². The van der Waals surface area contributed by atoms with Gasteiger partial charge in [-0.15, -0.1) is 12.4 Å². The average Bonchev–Trinajstić information content (AvgIpc) is 2.24. The summed E-state index contributed by atoms with van der Waals surface area (Å²) in [4.78, 5) is 0. The van der Waals surface area contributed by atoms with Gasteiger partial charge >= 0.3 is 6.18 Å². The van der Waals surface area contributed by atoms with Crippen LogP contribution < -0.4 is 11.5 Å². The van der Waals surface area contributed by atoms with Crippen LogP contribution in [0.5, 0.6) is 0 Å². The summed E-state index contributed by atoms with van der Waals surface area (Å²) in [5.74, 6) is 0. The number of halogens is 5. The molecule has 0 heterocycles. The summed E-state index contributed by atoms with van der Waals surface area (Å²) in [6.07, 6.45) is -3.51. The lowest BCUT2D eigenvalue weighted by Crippen LogP contribution is -2.19. The first kappa shape index (κ1) is 17.5. The van der Waals surface area contributed by atoms with Gasteiger partial charge in [0.25, 0.3) is 0 Å². The van der Waals surface area contributed by atoms with Gasteiger partial charge in [0.15, 0.2) is 0 Å². The van der Waals surface area contributed by atoms with E-state index in [1.807, 2.05) is 0 Å². The summed E-state index contributed by atoms with van der Waals surface area (Å²) >= 11 is 5.80. The highest BCUT2D eigenvalue weighted by molar-refractivity contribution is 6.31. The van der Waals surface area contributed by atoms with E-state index in [4.69, 9.17) is 23.1 Å². The van der Waals surface area contributed by atoms with Crippen molar-refractivity contribution in [1.29, 1.82) is 0 Å². The number of nitrogens with two attached hydrogens (primary N) is 2. The Morgan fingerprint density at radius 3 is 2.39 bits per heavy atom. The molecule has 1 aromatic carbocycles. The van der Waals surface area contributed by atoms with E-state index in [0.717, 1.165) is 6.07 Å². The van der Waals surface area contributed by atoms with Crippen LogP contribution in [0.15, 0.2) is 18.2 Å². The second kappa shape index (κ2) is 7.19. The van der Waals surface area contributed by atoms with Crippen LogP contribution in [-0.4, -0.2) is 6.54 Å². The Labute approximate surface area is 115 Å². The third-order valence-corrected chi connectivity index (χ3v) is 2.78. The van der Waals surface area contributed by atoms with Gasteiger partial charge in [-0.1, -0.05) is 17.7 Å². The van der Waals surface area contributed by atoms with Crippen molar-refractivity contribution in [2.75, 3.05) is 6.54 Å². The third kappa shape index (κ3) is 4.31. The molecule has 0 aliphatic carbocycles. The molecule has 2 nitrogen and oxygen atoms in total. The first-order valence-electron chi connectivity index (χ1n) is 5.19. The quantitative estimate of drug-likeness (QED) is 0.894. The molecule has 0 unspecified atom stereocenters. The van der Waals surface area contributed by atoms with Gasteiger partial charge in [0.1, 0.15) is 0 Å². The molecule has 1 atom stereocenters. The van der Waals surface area contributed by atoms with Crippen LogP contribution in [0, 0.1) is 0 Å². The van der Waals surface area contributed by atoms with E-state index in [-0.39, 0.29) is 23.0 Å². The second-order valence-corrected chi connectivity index (χ2v) is 4.14. The van der Waals surface area contributed by atoms with Crippen LogP contribution in [0.1, 0.15) is 30.0 Å². The Kier molecular flexibility index (Phi) is 6.99. The first-order chi connectivity index (χ1) is 7.88. The molecule has 1 rings (SSSR count). The standard InChI is InChI=1S/C11H14ClF3N2.ClH/c12-8-4-1-3-7(11(13,14)15)10(8)9(17)5-2-6-16;/h1,3-4,9H,2,5-6,16-17H2;1H/t9-;/m1./s1. The minimum Gasteiger partial charge on any atom is -0.330 e. The molecular formula is C11H15Cl2F3N2. The molecule has 0 saturated heterocycles. The average molecular weight is 303 g/mol. The van der Waals surface area contributed by atoms with Crippen LogP contribution in [0.3, 0.4) is 0 Å². The molecule has 0 aromatic heterocycles. The van der Waals surface area contributed by atoms with E-state index in [0.29, 0.717) is 19.4 Å². The lowest BCUT2D eigenvalue weighted by Gasteiger charge is -2.19. The van der Waals surface area contributed by atoms with Crippen LogP contribution in [0.4, 0.5) is 13.2 Å². The van der Waals surface area contributed by atoms with E-state index in [2.05, 4.69) is 0 Å². The molecule has 0 aliphatic heterocycles. The van der Waals surface area contributed by atoms with E-state index in [9.17, 15) is 13.2 Å². The van der Waals surface area contributed by atoms with Crippen LogP contribution >= 0.6 is 24.0 Å². The summed E-state index contributed by atoms with van der Waals surface area (Å²) in [7, 11) is 0. The molecular weight excluding hydrogens is 288 g/mol. The van der Waals surface area contributed by atoms with Crippen molar-refractivity contribution >= 4 is 24.0 Å². The molecule has 1 aromatic rings. The summed E-state index contributed by atoms with van der Waals surface area (Å²) in [5, 5.41) is 0.0457. The Morgan fingerprint density at radius 1 is 1.28 bits per heavy atom. The zero-order chi connectivity index (χ0) is 13.1. The van der Waals surface area contributed by atoms with Crippen molar-refractivity contribution in [2.24, 2.45) is 11.5 Å². The van der Waals surface area contributed by atoms with E-state index < -0.39 is 17.8 Å². The lowest BCUT2D eigenvalue weighted by atomic mass is 9.97. The maximum absolute atomic E-state index is 12.8. The topological polar surface area (TPSA) is 52.0 Å². The monoisotopic (exact) mass is 302 g/mol. The predicted molar refractivity (Wildman–Crippen MR) is 68.9 cm³/mol. The summed E-state index contributed by atoms with van der Waals surface area (Å²) in [6, 6.07) is 2.92. The largest absolute Gasteiger partial charge is 0.416 e. The van der Waals surface area contributed by atoms with Gasteiger partial charge in [0.2, 0.25) is 0 Å². The highest BCUT2D eigenvalue weighted by Gasteiger charge is 2.35. The van der Waals surface area contributed by atoms with Crippen molar-refractivity contribution in [3.8, 4) is 0 Å². The fraction of sp³-hybridized carbons (Fsp3) is 0.455. The minimum absolute atomic E-state index is 0. The molecule has 0 saturated carbocycles. The Balaban J connectivity index is 0.00000289. The fourth-order valence-electron chi connectivity index (χ4n) is 1.64. The van der Waals surface area contributed by atoms with Gasteiger partial charge in [-0.2, -0.15) is 13.2 Å². The van der Waals surface area contributed by atoms with Gasteiger partial charge in [0.05, 0.1) is 5.56 Å². The molecule has 0 fully saturated rings. The SMILES string of the molecule is Cl.NCCC[C@@H](N)c1c(Cl)cccc1C(F)(F)F. The molecule has 7 heteroatoms. The normalized spacial score (nSPS) is 13.0. The zero-order valence-electron chi connectivity index (χ0n) is 9.51. The Morgan fingerprint density at radius 2 is 1.89 bits per heavy atom. The van der Waals surface area contributed by atoms with E-state index in [1.165, 1.54) is 12.1 Å². The van der Waals surface area contributed by atoms with Gasteiger partial charge in [-0.25, -0.2) is 0 Å². The molecule has 0 bridgehead atoms. The lowest BCUT2D eigenvalue weighted by molar-refractivity contribution is -0.138. The number of rotatable bonds is 4. The zero-order valence-corrected chi connectivity index (χ0v) is 11.1.